The second-order valence-electron chi connectivity index (χ2n) is 4.91. The first-order valence-corrected chi connectivity index (χ1v) is 6.44. The molecule has 0 spiro atoms. The number of amides is 1. The molecule has 5 heteroatoms. The number of carbonyl (C=O) groups is 1. The summed E-state index contributed by atoms with van der Waals surface area (Å²) in [6, 6.07) is 5.32. The molecule has 0 fully saturated rings. The van der Waals surface area contributed by atoms with Crippen molar-refractivity contribution in [2.24, 2.45) is 0 Å². The fraction of sp³-hybridized carbons (Fsp3) is 0.500. The van der Waals surface area contributed by atoms with E-state index in [4.69, 9.17) is 10.8 Å². The first-order valence-electron chi connectivity index (χ1n) is 6.44. The van der Waals surface area contributed by atoms with E-state index in [2.05, 4.69) is 5.32 Å². The molecule has 4 N–H and O–H groups in total. The van der Waals surface area contributed by atoms with E-state index in [9.17, 15) is 4.79 Å². The molecule has 0 heterocycles. The van der Waals surface area contributed by atoms with Crippen LogP contribution in [-0.4, -0.2) is 37.8 Å². The summed E-state index contributed by atoms with van der Waals surface area (Å²) in [5, 5.41) is 11.7. The Morgan fingerprint density at radius 2 is 2.16 bits per heavy atom. The fourth-order valence-corrected chi connectivity index (χ4v) is 1.90. The Balaban J connectivity index is 2.83. The van der Waals surface area contributed by atoms with Gasteiger partial charge in [0.15, 0.2) is 0 Å². The molecule has 1 unspecified atom stereocenters. The Kier molecular flexibility index (Phi) is 5.63. The van der Waals surface area contributed by atoms with Crippen molar-refractivity contribution < 1.29 is 9.90 Å². The number of aliphatic hydroxyl groups is 1. The molecule has 0 bridgehead atoms. The van der Waals surface area contributed by atoms with Crippen LogP contribution in [0.2, 0.25) is 0 Å². The van der Waals surface area contributed by atoms with Gasteiger partial charge < -0.3 is 21.1 Å². The Labute approximate surface area is 114 Å². The summed E-state index contributed by atoms with van der Waals surface area (Å²) in [7, 11) is 3.77. The van der Waals surface area contributed by atoms with Crippen molar-refractivity contribution in [2.45, 2.75) is 25.8 Å². The van der Waals surface area contributed by atoms with E-state index in [1.54, 1.807) is 12.1 Å². The summed E-state index contributed by atoms with van der Waals surface area (Å²) in [4.78, 5) is 14.1. The van der Waals surface area contributed by atoms with Crippen molar-refractivity contribution >= 4 is 17.3 Å². The summed E-state index contributed by atoms with van der Waals surface area (Å²) in [5.41, 5.74) is 7.72. The Morgan fingerprint density at radius 3 is 2.74 bits per heavy atom. The lowest BCUT2D eigenvalue weighted by Crippen LogP contribution is -2.33. The van der Waals surface area contributed by atoms with Crippen molar-refractivity contribution in [1.29, 1.82) is 0 Å². The van der Waals surface area contributed by atoms with Crippen LogP contribution in [0.25, 0.3) is 0 Å². The first kappa shape index (κ1) is 15.3. The SMILES string of the molecule is CC(CCCO)NC(=O)c1cc(N)ccc1N(C)C. The Morgan fingerprint density at radius 1 is 1.47 bits per heavy atom. The van der Waals surface area contributed by atoms with Gasteiger partial charge in [0, 0.05) is 38.1 Å². The van der Waals surface area contributed by atoms with Gasteiger partial charge in [-0.25, -0.2) is 0 Å². The third-order valence-electron chi connectivity index (χ3n) is 2.92. The van der Waals surface area contributed by atoms with E-state index < -0.39 is 0 Å². The summed E-state index contributed by atoms with van der Waals surface area (Å²) >= 11 is 0. The molecular formula is C14H23N3O2. The molecule has 0 radical (unpaired) electrons. The molecule has 0 aromatic heterocycles. The topological polar surface area (TPSA) is 78.6 Å². The molecule has 1 aromatic rings. The van der Waals surface area contributed by atoms with Gasteiger partial charge in [0.2, 0.25) is 0 Å². The van der Waals surface area contributed by atoms with Gasteiger partial charge in [-0.1, -0.05) is 0 Å². The molecule has 5 nitrogen and oxygen atoms in total. The maximum Gasteiger partial charge on any atom is 0.253 e. The molecule has 0 saturated carbocycles. The zero-order chi connectivity index (χ0) is 14.4. The number of carbonyl (C=O) groups excluding carboxylic acids is 1. The van der Waals surface area contributed by atoms with E-state index in [-0.39, 0.29) is 18.6 Å². The predicted octanol–water partition coefficient (Wildman–Crippen LogP) is 1.23. The molecule has 1 rings (SSSR count). The molecule has 0 saturated heterocycles. The minimum atomic E-state index is -0.138. The standard InChI is InChI=1S/C14H23N3O2/c1-10(5-4-8-18)16-14(19)12-9-11(15)6-7-13(12)17(2)3/h6-7,9-10,18H,4-5,8,15H2,1-3H3,(H,16,19). The van der Waals surface area contributed by atoms with Crippen molar-refractivity contribution in [3.63, 3.8) is 0 Å². The number of rotatable bonds is 6. The zero-order valence-electron chi connectivity index (χ0n) is 11.8. The van der Waals surface area contributed by atoms with Crippen LogP contribution in [0.5, 0.6) is 0 Å². The predicted molar refractivity (Wildman–Crippen MR) is 78.4 cm³/mol. The molecule has 19 heavy (non-hydrogen) atoms. The van der Waals surface area contributed by atoms with Gasteiger partial charge in [-0.2, -0.15) is 0 Å². The van der Waals surface area contributed by atoms with E-state index in [1.807, 2.05) is 32.0 Å². The number of nitrogens with zero attached hydrogens (tertiary/aromatic N) is 1. The Hall–Kier alpha value is -1.75. The second kappa shape index (κ2) is 6.99. The number of hydrogen-bond acceptors (Lipinski definition) is 4. The number of aliphatic hydroxyl groups excluding tert-OH is 1. The largest absolute Gasteiger partial charge is 0.399 e. The summed E-state index contributed by atoms with van der Waals surface area (Å²) < 4.78 is 0. The maximum atomic E-state index is 12.2. The van der Waals surface area contributed by atoms with Gasteiger partial charge in [-0.3, -0.25) is 4.79 Å². The van der Waals surface area contributed by atoms with Gasteiger partial charge in [0.25, 0.3) is 5.91 Å². The van der Waals surface area contributed by atoms with Crippen molar-refractivity contribution in [2.75, 3.05) is 31.3 Å². The van der Waals surface area contributed by atoms with Crippen LogP contribution in [0.3, 0.4) is 0 Å². The molecule has 1 aromatic carbocycles. The summed E-state index contributed by atoms with van der Waals surface area (Å²) in [6.07, 6.45) is 1.43. The van der Waals surface area contributed by atoms with Gasteiger partial charge in [0.05, 0.1) is 5.56 Å². The number of nitrogens with one attached hydrogen (secondary N) is 1. The van der Waals surface area contributed by atoms with Crippen LogP contribution in [0, 0.1) is 0 Å². The van der Waals surface area contributed by atoms with Crippen LogP contribution in [-0.2, 0) is 0 Å². The quantitative estimate of drug-likeness (QED) is 0.676. The normalized spacial score (nSPS) is 12.0. The zero-order valence-corrected chi connectivity index (χ0v) is 11.8. The lowest BCUT2D eigenvalue weighted by Gasteiger charge is -2.19. The number of benzene rings is 1. The molecule has 1 amide bonds. The molecule has 106 valence electrons. The molecule has 0 aliphatic rings. The average molecular weight is 265 g/mol. The number of anilines is 2. The van der Waals surface area contributed by atoms with Crippen LogP contribution < -0.4 is 16.0 Å². The molecule has 0 aliphatic carbocycles. The second-order valence-corrected chi connectivity index (χ2v) is 4.91. The number of hydrogen-bond donors (Lipinski definition) is 3. The highest BCUT2D eigenvalue weighted by molar-refractivity contribution is 6.00. The highest BCUT2D eigenvalue weighted by Gasteiger charge is 2.15. The van der Waals surface area contributed by atoms with Crippen LogP contribution in [0.4, 0.5) is 11.4 Å². The molecular weight excluding hydrogens is 242 g/mol. The first-order chi connectivity index (χ1) is 8.95. The molecule has 0 aliphatic heterocycles. The van der Waals surface area contributed by atoms with Crippen LogP contribution >= 0.6 is 0 Å². The lowest BCUT2D eigenvalue weighted by molar-refractivity contribution is 0.0937. The smallest absolute Gasteiger partial charge is 0.253 e. The third kappa shape index (κ3) is 4.44. The van der Waals surface area contributed by atoms with Gasteiger partial charge >= 0.3 is 0 Å². The lowest BCUT2D eigenvalue weighted by atomic mass is 10.1. The minimum absolute atomic E-state index is 0.0242. The molecule has 1 atom stereocenters. The monoisotopic (exact) mass is 265 g/mol. The maximum absolute atomic E-state index is 12.2. The van der Waals surface area contributed by atoms with Crippen LogP contribution in [0.15, 0.2) is 18.2 Å². The Bertz CT molecular complexity index is 433. The highest BCUT2D eigenvalue weighted by atomic mass is 16.3. The van der Waals surface area contributed by atoms with E-state index in [1.165, 1.54) is 0 Å². The third-order valence-corrected chi connectivity index (χ3v) is 2.92. The number of nitrogen functional groups attached to an aromatic ring is 1. The van der Waals surface area contributed by atoms with Crippen molar-refractivity contribution in [3.05, 3.63) is 23.8 Å². The summed E-state index contributed by atoms with van der Waals surface area (Å²) in [5.74, 6) is -0.138. The summed E-state index contributed by atoms with van der Waals surface area (Å²) in [6.45, 7) is 2.07. The van der Waals surface area contributed by atoms with E-state index >= 15 is 0 Å². The van der Waals surface area contributed by atoms with E-state index in [0.29, 0.717) is 17.7 Å². The van der Waals surface area contributed by atoms with Crippen LogP contribution in [0.1, 0.15) is 30.1 Å². The van der Waals surface area contributed by atoms with Gasteiger partial charge in [-0.15, -0.1) is 0 Å². The fourth-order valence-electron chi connectivity index (χ4n) is 1.90. The van der Waals surface area contributed by atoms with Gasteiger partial charge in [-0.05, 0) is 38.0 Å². The van der Waals surface area contributed by atoms with Crippen molar-refractivity contribution in [3.8, 4) is 0 Å². The minimum Gasteiger partial charge on any atom is -0.399 e. The highest BCUT2D eigenvalue weighted by Crippen LogP contribution is 2.21. The van der Waals surface area contributed by atoms with Gasteiger partial charge in [0.1, 0.15) is 0 Å². The van der Waals surface area contributed by atoms with Crippen molar-refractivity contribution in [1.82, 2.24) is 5.32 Å². The number of nitrogens with two attached hydrogens (primary N) is 1. The average Bonchev–Trinajstić information content (AvgIpc) is 2.35. The van der Waals surface area contributed by atoms with E-state index in [0.717, 1.165) is 12.1 Å².